The maximum atomic E-state index is 12.6. The van der Waals surface area contributed by atoms with Crippen LogP contribution in [0.5, 0.6) is 0 Å². The van der Waals surface area contributed by atoms with Gasteiger partial charge in [0.05, 0.1) is 0 Å². The number of carbonyl (C=O) groups is 2. The van der Waals surface area contributed by atoms with E-state index in [0.29, 0.717) is 18.4 Å². The number of fused-ring (bicyclic) bond motifs is 2. The standard InChI is InChI=1S/C14H23NO3/c1-4-15(14(2,3)13(17)18)12(16)11-8-9-5-6-10(11)7-9/h9-11H,4-8H2,1-3H3,(H,17,18). The summed E-state index contributed by atoms with van der Waals surface area (Å²) in [5.74, 6) is 0.400. The van der Waals surface area contributed by atoms with Gasteiger partial charge in [0.2, 0.25) is 5.91 Å². The molecule has 2 fully saturated rings. The van der Waals surface area contributed by atoms with Crippen molar-refractivity contribution in [2.45, 2.75) is 52.0 Å². The molecule has 1 N–H and O–H groups in total. The SMILES string of the molecule is CCN(C(=O)C1CC2CCC1C2)C(C)(C)C(=O)O. The minimum Gasteiger partial charge on any atom is -0.480 e. The first-order chi connectivity index (χ1) is 8.37. The van der Waals surface area contributed by atoms with Crippen LogP contribution < -0.4 is 0 Å². The monoisotopic (exact) mass is 253 g/mol. The molecule has 2 aliphatic rings. The highest BCUT2D eigenvalue weighted by atomic mass is 16.4. The fourth-order valence-electron chi connectivity index (χ4n) is 3.69. The molecule has 102 valence electrons. The predicted octanol–water partition coefficient (Wildman–Crippen LogP) is 2.13. The van der Waals surface area contributed by atoms with Gasteiger partial charge in [0.25, 0.3) is 0 Å². The van der Waals surface area contributed by atoms with E-state index in [-0.39, 0.29) is 11.8 Å². The van der Waals surface area contributed by atoms with E-state index in [0.717, 1.165) is 12.8 Å². The summed E-state index contributed by atoms with van der Waals surface area (Å²) >= 11 is 0. The lowest BCUT2D eigenvalue weighted by atomic mass is 9.86. The molecule has 0 spiro atoms. The molecule has 0 radical (unpaired) electrons. The first kappa shape index (κ1) is 13.4. The number of nitrogens with zero attached hydrogens (tertiary/aromatic N) is 1. The van der Waals surface area contributed by atoms with E-state index in [2.05, 4.69) is 0 Å². The van der Waals surface area contributed by atoms with Crippen LogP contribution in [0.1, 0.15) is 46.5 Å². The number of amides is 1. The molecule has 0 aromatic heterocycles. The van der Waals surface area contributed by atoms with Gasteiger partial charge in [0.15, 0.2) is 0 Å². The highest BCUT2D eigenvalue weighted by Gasteiger charge is 2.47. The number of hydrogen-bond acceptors (Lipinski definition) is 2. The summed E-state index contributed by atoms with van der Waals surface area (Å²) in [6, 6.07) is 0. The third kappa shape index (κ3) is 2.02. The Balaban J connectivity index is 2.13. The summed E-state index contributed by atoms with van der Waals surface area (Å²) in [7, 11) is 0. The van der Waals surface area contributed by atoms with Crippen molar-refractivity contribution in [1.29, 1.82) is 0 Å². The van der Waals surface area contributed by atoms with Crippen LogP contribution in [0.15, 0.2) is 0 Å². The fourth-order valence-corrected chi connectivity index (χ4v) is 3.69. The molecule has 1 amide bonds. The Bertz CT molecular complexity index is 364. The number of carboxylic acid groups (broad SMARTS) is 1. The lowest BCUT2D eigenvalue weighted by molar-refractivity contribution is -0.159. The van der Waals surface area contributed by atoms with Crippen molar-refractivity contribution < 1.29 is 14.7 Å². The number of carbonyl (C=O) groups excluding carboxylic acids is 1. The predicted molar refractivity (Wildman–Crippen MR) is 68.0 cm³/mol. The summed E-state index contributed by atoms with van der Waals surface area (Å²) in [5.41, 5.74) is -1.10. The third-order valence-electron chi connectivity index (χ3n) is 4.84. The Morgan fingerprint density at radius 3 is 2.33 bits per heavy atom. The van der Waals surface area contributed by atoms with Crippen molar-refractivity contribution in [3.63, 3.8) is 0 Å². The van der Waals surface area contributed by atoms with Crippen LogP contribution in [0, 0.1) is 17.8 Å². The molecular weight excluding hydrogens is 230 g/mol. The zero-order chi connectivity index (χ0) is 13.5. The molecule has 3 atom stereocenters. The number of carboxylic acids is 1. The van der Waals surface area contributed by atoms with E-state index in [1.165, 1.54) is 12.8 Å². The van der Waals surface area contributed by atoms with Crippen LogP contribution >= 0.6 is 0 Å². The second-order valence-electron chi connectivity index (χ2n) is 6.23. The van der Waals surface area contributed by atoms with Gasteiger partial charge in [-0.3, -0.25) is 4.79 Å². The second-order valence-corrected chi connectivity index (χ2v) is 6.23. The summed E-state index contributed by atoms with van der Waals surface area (Å²) in [6.45, 7) is 5.55. The normalized spacial score (nSPS) is 30.5. The molecule has 2 aliphatic carbocycles. The number of aliphatic carboxylic acids is 1. The van der Waals surface area contributed by atoms with Crippen molar-refractivity contribution in [1.82, 2.24) is 4.90 Å². The molecule has 2 bridgehead atoms. The Morgan fingerprint density at radius 2 is 1.94 bits per heavy atom. The fraction of sp³-hybridized carbons (Fsp3) is 0.857. The van der Waals surface area contributed by atoms with Gasteiger partial charge in [0, 0.05) is 12.5 Å². The summed E-state index contributed by atoms with van der Waals surface area (Å²) in [6.07, 6.45) is 4.53. The largest absolute Gasteiger partial charge is 0.480 e. The zero-order valence-corrected chi connectivity index (χ0v) is 11.5. The van der Waals surface area contributed by atoms with Crippen LogP contribution in [-0.2, 0) is 9.59 Å². The van der Waals surface area contributed by atoms with Gasteiger partial charge in [0.1, 0.15) is 5.54 Å². The number of hydrogen-bond donors (Lipinski definition) is 1. The van der Waals surface area contributed by atoms with Crippen LogP contribution in [-0.4, -0.2) is 34.0 Å². The molecule has 4 nitrogen and oxygen atoms in total. The molecule has 3 unspecified atom stereocenters. The Labute approximate surface area is 108 Å². The smallest absolute Gasteiger partial charge is 0.329 e. The average Bonchev–Trinajstić information content (AvgIpc) is 2.90. The highest BCUT2D eigenvalue weighted by Crippen LogP contribution is 2.49. The Morgan fingerprint density at radius 1 is 1.28 bits per heavy atom. The quantitative estimate of drug-likeness (QED) is 0.835. The minimum atomic E-state index is -1.10. The third-order valence-corrected chi connectivity index (χ3v) is 4.84. The van der Waals surface area contributed by atoms with Crippen LogP contribution in [0.25, 0.3) is 0 Å². The van der Waals surface area contributed by atoms with E-state index in [9.17, 15) is 14.7 Å². The maximum absolute atomic E-state index is 12.6. The molecule has 18 heavy (non-hydrogen) atoms. The van der Waals surface area contributed by atoms with Gasteiger partial charge >= 0.3 is 5.97 Å². The molecule has 0 aromatic rings. The van der Waals surface area contributed by atoms with E-state index in [1.807, 2.05) is 6.92 Å². The van der Waals surface area contributed by atoms with Gasteiger partial charge in [-0.15, -0.1) is 0 Å². The van der Waals surface area contributed by atoms with Crippen molar-refractivity contribution in [3.8, 4) is 0 Å². The van der Waals surface area contributed by atoms with Crippen LogP contribution in [0.3, 0.4) is 0 Å². The van der Waals surface area contributed by atoms with Crippen LogP contribution in [0.4, 0.5) is 0 Å². The molecule has 0 aliphatic heterocycles. The zero-order valence-electron chi connectivity index (χ0n) is 11.5. The highest BCUT2D eigenvalue weighted by molar-refractivity contribution is 5.87. The lowest BCUT2D eigenvalue weighted by Gasteiger charge is -2.37. The molecule has 0 heterocycles. The van der Waals surface area contributed by atoms with Crippen molar-refractivity contribution in [2.24, 2.45) is 17.8 Å². The minimum absolute atomic E-state index is 0.0529. The lowest BCUT2D eigenvalue weighted by Crippen LogP contribution is -2.55. The summed E-state index contributed by atoms with van der Waals surface area (Å²) < 4.78 is 0. The van der Waals surface area contributed by atoms with E-state index >= 15 is 0 Å². The average molecular weight is 253 g/mol. The summed E-state index contributed by atoms with van der Waals surface area (Å²) in [4.78, 5) is 25.4. The Kier molecular flexibility index (Phi) is 3.39. The van der Waals surface area contributed by atoms with E-state index in [1.54, 1.807) is 18.7 Å². The first-order valence-corrected chi connectivity index (χ1v) is 6.92. The topological polar surface area (TPSA) is 57.6 Å². The molecule has 0 saturated heterocycles. The Hall–Kier alpha value is -1.06. The van der Waals surface area contributed by atoms with E-state index in [4.69, 9.17) is 0 Å². The molecule has 4 heteroatoms. The van der Waals surface area contributed by atoms with Crippen LogP contribution in [0.2, 0.25) is 0 Å². The summed E-state index contributed by atoms with van der Waals surface area (Å²) in [5, 5.41) is 9.27. The molecule has 2 rings (SSSR count). The maximum Gasteiger partial charge on any atom is 0.329 e. The van der Waals surface area contributed by atoms with E-state index < -0.39 is 11.5 Å². The molecular formula is C14H23NO3. The van der Waals surface area contributed by atoms with Crippen molar-refractivity contribution in [2.75, 3.05) is 6.54 Å². The van der Waals surface area contributed by atoms with Crippen molar-refractivity contribution >= 4 is 11.9 Å². The molecule has 2 saturated carbocycles. The second kappa shape index (κ2) is 4.56. The van der Waals surface area contributed by atoms with Gasteiger partial charge in [-0.1, -0.05) is 6.42 Å². The van der Waals surface area contributed by atoms with Gasteiger partial charge in [-0.25, -0.2) is 4.79 Å². The van der Waals surface area contributed by atoms with Crippen molar-refractivity contribution in [3.05, 3.63) is 0 Å². The van der Waals surface area contributed by atoms with Gasteiger partial charge in [-0.2, -0.15) is 0 Å². The molecule has 0 aromatic carbocycles. The first-order valence-electron chi connectivity index (χ1n) is 6.92. The van der Waals surface area contributed by atoms with Gasteiger partial charge in [-0.05, 0) is 51.9 Å². The number of likely N-dealkylation sites (N-methyl/N-ethyl adjacent to an activating group) is 1. The van der Waals surface area contributed by atoms with Gasteiger partial charge < -0.3 is 10.0 Å². The number of rotatable bonds is 4.